The predicted molar refractivity (Wildman–Crippen MR) is 50.2 cm³/mol. The van der Waals surface area contributed by atoms with Crippen molar-refractivity contribution in [3.05, 3.63) is 0 Å². The van der Waals surface area contributed by atoms with Gasteiger partial charge in [0.1, 0.15) is 0 Å². The van der Waals surface area contributed by atoms with Gasteiger partial charge in [-0.25, -0.2) is 0 Å². The van der Waals surface area contributed by atoms with Gasteiger partial charge in [-0.1, -0.05) is 0 Å². The fourth-order valence-corrected chi connectivity index (χ4v) is 1.23. The average Bonchev–Trinajstić information content (AvgIpc) is 2.82. The molecular formula is C9H18N2O2. The molecule has 2 atom stereocenters. The van der Waals surface area contributed by atoms with Gasteiger partial charge in [0.05, 0.1) is 5.92 Å². The molecular weight excluding hydrogens is 168 g/mol. The van der Waals surface area contributed by atoms with Gasteiger partial charge in [-0.05, 0) is 19.3 Å². The Morgan fingerprint density at radius 1 is 1.62 bits per heavy atom. The minimum Gasteiger partial charge on any atom is -0.385 e. The lowest BCUT2D eigenvalue weighted by molar-refractivity contribution is -0.122. The second-order valence-corrected chi connectivity index (χ2v) is 3.50. The molecule has 4 heteroatoms. The van der Waals surface area contributed by atoms with E-state index in [0.717, 1.165) is 32.4 Å². The van der Waals surface area contributed by atoms with Crippen molar-refractivity contribution in [3.8, 4) is 0 Å². The maximum atomic E-state index is 11.2. The van der Waals surface area contributed by atoms with Crippen LogP contribution >= 0.6 is 0 Å². The molecule has 1 rings (SSSR count). The number of carbonyl (C=O) groups is 1. The van der Waals surface area contributed by atoms with Crippen LogP contribution in [-0.4, -0.2) is 32.2 Å². The lowest BCUT2D eigenvalue weighted by Gasteiger charge is -2.03. The lowest BCUT2D eigenvalue weighted by Crippen LogP contribution is -2.28. The Morgan fingerprint density at radius 2 is 2.31 bits per heavy atom. The van der Waals surface area contributed by atoms with Gasteiger partial charge in [0.15, 0.2) is 0 Å². The maximum Gasteiger partial charge on any atom is 0.224 e. The normalized spacial score (nSPS) is 25.7. The summed E-state index contributed by atoms with van der Waals surface area (Å²) >= 11 is 0. The molecule has 0 aliphatic heterocycles. The monoisotopic (exact) mass is 186 g/mol. The molecule has 0 heterocycles. The van der Waals surface area contributed by atoms with Crippen molar-refractivity contribution in [1.82, 2.24) is 5.32 Å². The van der Waals surface area contributed by atoms with Crippen molar-refractivity contribution in [3.63, 3.8) is 0 Å². The number of methoxy groups -OCH3 is 1. The summed E-state index contributed by atoms with van der Waals surface area (Å²) in [6.07, 6.45) is 2.82. The summed E-state index contributed by atoms with van der Waals surface area (Å²) in [6, 6.07) is 0.110. The number of amides is 1. The van der Waals surface area contributed by atoms with Gasteiger partial charge >= 0.3 is 0 Å². The molecule has 0 bridgehead atoms. The summed E-state index contributed by atoms with van der Waals surface area (Å²) in [5.41, 5.74) is 5.54. The van der Waals surface area contributed by atoms with Gasteiger partial charge in [-0.3, -0.25) is 4.79 Å². The summed E-state index contributed by atoms with van der Waals surface area (Å²) in [7, 11) is 1.68. The van der Waals surface area contributed by atoms with Crippen LogP contribution < -0.4 is 11.1 Å². The predicted octanol–water partition coefficient (Wildman–Crippen LogP) is -0.124. The second kappa shape index (κ2) is 5.19. The molecule has 4 nitrogen and oxygen atoms in total. The first kappa shape index (κ1) is 10.5. The highest BCUT2D eigenvalue weighted by Crippen LogP contribution is 2.27. The van der Waals surface area contributed by atoms with E-state index in [0.29, 0.717) is 0 Å². The van der Waals surface area contributed by atoms with Gasteiger partial charge in [0, 0.05) is 26.3 Å². The minimum absolute atomic E-state index is 0.0856. The van der Waals surface area contributed by atoms with Crippen LogP contribution in [0.5, 0.6) is 0 Å². The highest BCUT2D eigenvalue weighted by Gasteiger charge is 2.39. The number of carbonyl (C=O) groups excluding carboxylic acids is 1. The van der Waals surface area contributed by atoms with Crippen LogP contribution in [0, 0.1) is 5.92 Å². The topological polar surface area (TPSA) is 64.3 Å². The van der Waals surface area contributed by atoms with Crippen LogP contribution in [-0.2, 0) is 9.53 Å². The smallest absolute Gasteiger partial charge is 0.224 e. The molecule has 13 heavy (non-hydrogen) atoms. The van der Waals surface area contributed by atoms with Crippen molar-refractivity contribution in [2.75, 3.05) is 20.3 Å². The molecule has 1 saturated carbocycles. The van der Waals surface area contributed by atoms with Crippen molar-refractivity contribution in [2.45, 2.75) is 25.3 Å². The molecule has 76 valence electrons. The molecule has 0 spiro atoms. The fourth-order valence-electron chi connectivity index (χ4n) is 1.23. The number of unbranched alkanes of at least 4 members (excludes halogenated alkanes) is 1. The largest absolute Gasteiger partial charge is 0.385 e. The third-order valence-corrected chi connectivity index (χ3v) is 2.25. The summed E-state index contributed by atoms with van der Waals surface area (Å²) < 4.78 is 4.89. The molecule has 1 aliphatic rings. The molecule has 0 radical (unpaired) electrons. The van der Waals surface area contributed by atoms with Crippen molar-refractivity contribution < 1.29 is 9.53 Å². The molecule has 1 aliphatic carbocycles. The second-order valence-electron chi connectivity index (χ2n) is 3.50. The molecule has 0 aromatic carbocycles. The van der Waals surface area contributed by atoms with Crippen molar-refractivity contribution >= 4 is 5.91 Å². The van der Waals surface area contributed by atoms with Crippen LogP contribution in [0.4, 0.5) is 0 Å². The van der Waals surface area contributed by atoms with Gasteiger partial charge < -0.3 is 15.8 Å². The Hall–Kier alpha value is -0.610. The number of ether oxygens (including phenoxy) is 1. The van der Waals surface area contributed by atoms with E-state index in [9.17, 15) is 4.79 Å². The molecule has 0 aromatic rings. The first-order valence-corrected chi connectivity index (χ1v) is 4.78. The van der Waals surface area contributed by atoms with Crippen LogP contribution in [0.15, 0.2) is 0 Å². The number of rotatable bonds is 6. The van der Waals surface area contributed by atoms with Crippen LogP contribution in [0.2, 0.25) is 0 Å². The van der Waals surface area contributed by atoms with E-state index in [1.165, 1.54) is 0 Å². The van der Waals surface area contributed by atoms with Crippen molar-refractivity contribution in [2.24, 2.45) is 11.7 Å². The summed E-state index contributed by atoms with van der Waals surface area (Å²) in [5.74, 6) is 0.201. The molecule has 2 unspecified atom stereocenters. The molecule has 0 saturated heterocycles. The zero-order valence-corrected chi connectivity index (χ0v) is 8.08. The highest BCUT2D eigenvalue weighted by molar-refractivity contribution is 5.82. The summed E-state index contributed by atoms with van der Waals surface area (Å²) in [4.78, 5) is 11.2. The van der Waals surface area contributed by atoms with Gasteiger partial charge in [0.2, 0.25) is 5.91 Å². The highest BCUT2D eigenvalue weighted by atomic mass is 16.5. The van der Waals surface area contributed by atoms with Crippen molar-refractivity contribution in [1.29, 1.82) is 0 Å². The molecule has 1 amide bonds. The van der Waals surface area contributed by atoms with Gasteiger partial charge in [0.25, 0.3) is 0 Å². The van der Waals surface area contributed by atoms with E-state index in [4.69, 9.17) is 10.5 Å². The maximum absolute atomic E-state index is 11.2. The fraction of sp³-hybridized carbons (Fsp3) is 0.889. The van der Waals surface area contributed by atoms with Crippen LogP contribution in [0.3, 0.4) is 0 Å². The standard InChI is InChI=1S/C9H18N2O2/c1-13-5-3-2-4-11-9(12)7-6-8(7)10/h7-8H,2-6,10H2,1H3,(H,11,12). The quantitative estimate of drug-likeness (QED) is 0.568. The third kappa shape index (κ3) is 3.74. The first-order valence-electron chi connectivity index (χ1n) is 4.78. The first-order chi connectivity index (χ1) is 6.25. The zero-order chi connectivity index (χ0) is 9.68. The summed E-state index contributed by atoms with van der Waals surface area (Å²) in [6.45, 7) is 1.50. The van der Waals surface area contributed by atoms with Crippen LogP contribution in [0.25, 0.3) is 0 Å². The Balaban J connectivity index is 1.91. The summed E-state index contributed by atoms with van der Waals surface area (Å²) in [5, 5.41) is 2.86. The van der Waals surface area contributed by atoms with Gasteiger partial charge in [-0.2, -0.15) is 0 Å². The van der Waals surface area contributed by atoms with E-state index in [1.807, 2.05) is 0 Å². The zero-order valence-electron chi connectivity index (χ0n) is 8.08. The average molecular weight is 186 g/mol. The van der Waals surface area contributed by atoms with E-state index in [-0.39, 0.29) is 17.9 Å². The Labute approximate surface area is 78.8 Å². The van der Waals surface area contributed by atoms with E-state index in [2.05, 4.69) is 5.32 Å². The van der Waals surface area contributed by atoms with E-state index >= 15 is 0 Å². The Bertz CT molecular complexity index is 173. The van der Waals surface area contributed by atoms with Crippen LogP contribution in [0.1, 0.15) is 19.3 Å². The molecule has 3 N–H and O–H groups in total. The Kier molecular flexibility index (Phi) is 4.18. The molecule has 1 fully saturated rings. The number of nitrogens with two attached hydrogens (primary N) is 1. The van der Waals surface area contributed by atoms with Gasteiger partial charge in [-0.15, -0.1) is 0 Å². The SMILES string of the molecule is COCCCCNC(=O)C1CC1N. The molecule has 0 aromatic heterocycles. The number of nitrogens with one attached hydrogen (secondary N) is 1. The lowest BCUT2D eigenvalue weighted by atomic mass is 10.3. The van der Waals surface area contributed by atoms with E-state index in [1.54, 1.807) is 7.11 Å². The number of hydrogen-bond donors (Lipinski definition) is 2. The van der Waals surface area contributed by atoms with E-state index < -0.39 is 0 Å². The third-order valence-electron chi connectivity index (χ3n) is 2.25. The Morgan fingerprint density at radius 3 is 2.85 bits per heavy atom. The number of hydrogen-bond acceptors (Lipinski definition) is 3. The minimum atomic E-state index is 0.0856.